The van der Waals surface area contributed by atoms with Crippen LogP contribution < -0.4 is 0 Å². The second-order valence-corrected chi connectivity index (χ2v) is 8.99. The molecule has 1 rings (SSSR count). The molecule has 0 atom stereocenters. The minimum atomic E-state index is -2.46. The molecule has 0 amide bonds. The van der Waals surface area contributed by atoms with Gasteiger partial charge in [-0.1, -0.05) is 25.6 Å². The Morgan fingerprint density at radius 1 is 1.26 bits per heavy atom. The predicted molar refractivity (Wildman–Crippen MR) is 77.2 cm³/mol. The number of hydrogen-bond acceptors (Lipinski definition) is 6. The summed E-state index contributed by atoms with van der Waals surface area (Å²) < 4.78 is 18.0. The van der Waals surface area contributed by atoms with E-state index in [4.69, 9.17) is 13.3 Å². The van der Waals surface area contributed by atoms with Crippen LogP contribution >= 0.6 is 11.8 Å². The van der Waals surface area contributed by atoms with Crippen LogP contribution in [0.25, 0.3) is 0 Å². The van der Waals surface area contributed by atoms with Gasteiger partial charge < -0.3 is 13.3 Å². The van der Waals surface area contributed by atoms with Gasteiger partial charge in [0.15, 0.2) is 0 Å². The van der Waals surface area contributed by atoms with Crippen molar-refractivity contribution in [3.8, 4) is 0 Å². The van der Waals surface area contributed by atoms with Crippen molar-refractivity contribution >= 4 is 20.6 Å². The van der Waals surface area contributed by atoms with Crippen LogP contribution in [0.15, 0.2) is 11.5 Å². The molecular formula is C11H23N3O3SSi. The Morgan fingerprint density at radius 2 is 1.89 bits per heavy atom. The Kier molecular flexibility index (Phi) is 7.01. The molecule has 0 aliphatic carbocycles. The molecule has 1 heterocycles. The molecule has 0 spiro atoms. The molecule has 0 fully saturated rings. The highest BCUT2D eigenvalue weighted by Crippen LogP contribution is 2.18. The quantitative estimate of drug-likeness (QED) is 0.514. The van der Waals surface area contributed by atoms with E-state index in [0.717, 1.165) is 24.2 Å². The van der Waals surface area contributed by atoms with Gasteiger partial charge >= 0.3 is 8.80 Å². The van der Waals surface area contributed by atoms with Crippen molar-refractivity contribution in [1.82, 2.24) is 14.8 Å². The van der Waals surface area contributed by atoms with Gasteiger partial charge in [-0.3, -0.25) is 4.68 Å². The SMILES string of the molecule is CO[Si](CCCn1cnc(SC(C)C)n1)(OC)OC. The van der Waals surface area contributed by atoms with E-state index in [-0.39, 0.29) is 0 Å². The monoisotopic (exact) mass is 305 g/mol. The molecule has 0 bridgehead atoms. The fourth-order valence-corrected chi connectivity index (χ4v) is 4.05. The number of aryl methyl sites for hydroxylation is 1. The maximum absolute atomic E-state index is 5.38. The van der Waals surface area contributed by atoms with Crippen LogP contribution in [0, 0.1) is 0 Å². The Labute approximate surface area is 120 Å². The Balaban J connectivity index is 2.42. The zero-order valence-electron chi connectivity index (χ0n) is 12.3. The molecule has 0 N–H and O–H groups in total. The van der Waals surface area contributed by atoms with Crippen LogP contribution in [-0.4, -0.2) is 50.1 Å². The maximum Gasteiger partial charge on any atom is 0.500 e. The van der Waals surface area contributed by atoms with Gasteiger partial charge in [-0.2, -0.15) is 0 Å². The third kappa shape index (κ3) is 5.23. The standard InChI is InChI=1S/C11H23N3O3SSi/c1-10(2)18-11-12-9-14(13-11)7-6-8-19(15-3,16-4)17-5/h9-10H,6-8H2,1-5H3. The van der Waals surface area contributed by atoms with E-state index >= 15 is 0 Å². The molecule has 0 saturated heterocycles. The van der Waals surface area contributed by atoms with E-state index in [1.54, 1.807) is 39.4 Å². The molecular weight excluding hydrogens is 282 g/mol. The maximum atomic E-state index is 5.38. The number of thioether (sulfide) groups is 1. The molecule has 0 unspecified atom stereocenters. The number of aromatic nitrogens is 3. The Bertz CT molecular complexity index is 364. The summed E-state index contributed by atoms with van der Waals surface area (Å²) >= 11 is 1.66. The molecule has 0 saturated carbocycles. The van der Waals surface area contributed by atoms with Crippen molar-refractivity contribution in [2.24, 2.45) is 0 Å². The summed E-state index contributed by atoms with van der Waals surface area (Å²) in [5.74, 6) is 0. The van der Waals surface area contributed by atoms with Gasteiger partial charge in [0.25, 0.3) is 0 Å². The molecule has 0 aromatic carbocycles. The van der Waals surface area contributed by atoms with Crippen LogP contribution in [0.5, 0.6) is 0 Å². The van der Waals surface area contributed by atoms with Crippen LogP contribution in [0.1, 0.15) is 20.3 Å². The fraction of sp³-hybridized carbons (Fsp3) is 0.818. The summed E-state index contributed by atoms with van der Waals surface area (Å²) in [5.41, 5.74) is 0. The van der Waals surface area contributed by atoms with Crippen molar-refractivity contribution in [2.45, 2.75) is 43.3 Å². The first-order valence-corrected chi connectivity index (χ1v) is 9.08. The van der Waals surface area contributed by atoms with Crippen molar-refractivity contribution in [3.05, 3.63) is 6.33 Å². The van der Waals surface area contributed by atoms with Gasteiger partial charge in [0.05, 0.1) is 0 Å². The van der Waals surface area contributed by atoms with Gasteiger partial charge in [0, 0.05) is 39.2 Å². The highest BCUT2D eigenvalue weighted by molar-refractivity contribution is 7.99. The first kappa shape index (κ1) is 16.6. The van der Waals surface area contributed by atoms with Crippen molar-refractivity contribution in [2.75, 3.05) is 21.3 Å². The number of rotatable bonds is 9. The molecule has 0 aliphatic heterocycles. The second-order valence-electron chi connectivity index (χ2n) is 4.36. The molecule has 110 valence electrons. The van der Waals surface area contributed by atoms with E-state index < -0.39 is 8.80 Å². The summed E-state index contributed by atoms with van der Waals surface area (Å²) in [7, 11) is 2.44. The lowest BCUT2D eigenvalue weighted by Crippen LogP contribution is -2.42. The van der Waals surface area contributed by atoms with E-state index in [1.807, 2.05) is 4.68 Å². The van der Waals surface area contributed by atoms with E-state index in [2.05, 4.69) is 23.9 Å². The van der Waals surface area contributed by atoms with Gasteiger partial charge in [-0.05, 0) is 6.42 Å². The first-order valence-electron chi connectivity index (χ1n) is 6.27. The third-order valence-corrected chi connectivity index (χ3v) is 6.36. The highest BCUT2D eigenvalue weighted by Gasteiger charge is 2.36. The first-order chi connectivity index (χ1) is 9.05. The molecule has 19 heavy (non-hydrogen) atoms. The van der Waals surface area contributed by atoms with E-state index in [1.165, 1.54) is 0 Å². The summed E-state index contributed by atoms with van der Waals surface area (Å²) in [6.45, 7) is 5.04. The summed E-state index contributed by atoms with van der Waals surface area (Å²) in [5, 5.41) is 5.72. The normalized spacial score (nSPS) is 12.3. The van der Waals surface area contributed by atoms with Crippen molar-refractivity contribution < 1.29 is 13.3 Å². The topological polar surface area (TPSA) is 58.4 Å². The lowest BCUT2D eigenvalue weighted by Gasteiger charge is -2.24. The minimum absolute atomic E-state index is 0.492. The van der Waals surface area contributed by atoms with Crippen LogP contribution in [-0.2, 0) is 19.8 Å². The molecule has 1 aromatic rings. The average molecular weight is 305 g/mol. The summed E-state index contributed by atoms with van der Waals surface area (Å²) in [6, 6.07) is 0.767. The Morgan fingerprint density at radius 3 is 2.42 bits per heavy atom. The molecule has 0 radical (unpaired) electrons. The van der Waals surface area contributed by atoms with Crippen LogP contribution in [0.4, 0.5) is 0 Å². The van der Waals surface area contributed by atoms with Crippen molar-refractivity contribution in [1.29, 1.82) is 0 Å². The number of hydrogen-bond donors (Lipinski definition) is 0. The third-order valence-electron chi connectivity index (χ3n) is 2.66. The lowest BCUT2D eigenvalue weighted by molar-refractivity contribution is 0.122. The Hall–Kier alpha value is -0.413. The lowest BCUT2D eigenvalue weighted by atomic mass is 10.5. The summed E-state index contributed by atoms with van der Waals surface area (Å²) in [6.07, 6.45) is 2.65. The molecule has 8 heteroatoms. The smallest absolute Gasteiger partial charge is 0.377 e. The van der Waals surface area contributed by atoms with Crippen LogP contribution in [0.3, 0.4) is 0 Å². The molecule has 0 aliphatic rings. The van der Waals surface area contributed by atoms with Crippen LogP contribution in [0.2, 0.25) is 6.04 Å². The average Bonchev–Trinajstić information content (AvgIpc) is 2.82. The van der Waals surface area contributed by atoms with Crippen molar-refractivity contribution in [3.63, 3.8) is 0 Å². The van der Waals surface area contributed by atoms with E-state index in [0.29, 0.717) is 5.25 Å². The predicted octanol–water partition coefficient (Wildman–Crippen LogP) is 2.05. The molecule has 6 nitrogen and oxygen atoms in total. The second kappa shape index (κ2) is 8.00. The summed E-state index contributed by atoms with van der Waals surface area (Å²) in [4.78, 5) is 4.26. The fourth-order valence-electron chi connectivity index (χ4n) is 1.66. The minimum Gasteiger partial charge on any atom is -0.377 e. The largest absolute Gasteiger partial charge is 0.500 e. The van der Waals surface area contributed by atoms with E-state index in [9.17, 15) is 0 Å². The zero-order chi connectivity index (χ0) is 14.3. The van der Waals surface area contributed by atoms with Gasteiger partial charge in [0.1, 0.15) is 6.33 Å². The molecule has 1 aromatic heterocycles. The zero-order valence-corrected chi connectivity index (χ0v) is 14.1. The van der Waals surface area contributed by atoms with Gasteiger partial charge in [-0.15, -0.1) is 5.10 Å². The van der Waals surface area contributed by atoms with Gasteiger partial charge in [-0.25, -0.2) is 4.98 Å². The van der Waals surface area contributed by atoms with Gasteiger partial charge in [0.2, 0.25) is 5.16 Å². The number of nitrogens with zero attached hydrogens (tertiary/aromatic N) is 3. The highest BCUT2D eigenvalue weighted by atomic mass is 32.2.